The van der Waals surface area contributed by atoms with Crippen LogP contribution in [0.3, 0.4) is 0 Å². The van der Waals surface area contributed by atoms with Gasteiger partial charge in [-0.3, -0.25) is 4.90 Å². The quantitative estimate of drug-likeness (QED) is 0.483. The lowest BCUT2D eigenvalue weighted by Gasteiger charge is -2.34. The zero-order valence-corrected chi connectivity index (χ0v) is 20.4. The van der Waals surface area contributed by atoms with Crippen molar-refractivity contribution in [1.82, 2.24) is 9.80 Å². The first-order chi connectivity index (χ1) is 17.1. The number of nitrogens with zero attached hydrogens (tertiary/aromatic N) is 2. The first-order valence-electron chi connectivity index (χ1n) is 11.8. The van der Waals surface area contributed by atoms with Gasteiger partial charge in [-0.05, 0) is 53.1 Å². The van der Waals surface area contributed by atoms with Crippen LogP contribution in [0.1, 0.15) is 16.7 Å². The second-order valence-electron chi connectivity index (χ2n) is 8.58. The molecule has 1 fully saturated rings. The number of rotatable bonds is 9. The van der Waals surface area contributed by atoms with Crippen LogP contribution in [0.15, 0.2) is 72.8 Å². The average molecular weight is 476 g/mol. The van der Waals surface area contributed by atoms with Crippen LogP contribution in [0.4, 0.5) is 10.5 Å². The molecule has 3 aromatic rings. The number of hydrogen-bond acceptors (Lipinski definition) is 5. The number of benzene rings is 3. The van der Waals surface area contributed by atoms with Gasteiger partial charge in [-0.1, -0.05) is 36.4 Å². The zero-order chi connectivity index (χ0) is 24.5. The Morgan fingerprint density at radius 2 is 1.37 bits per heavy atom. The zero-order valence-electron chi connectivity index (χ0n) is 20.4. The van der Waals surface area contributed by atoms with Gasteiger partial charge in [-0.25, -0.2) is 4.79 Å². The van der Waals surface area contributed by atoms with Gasteiger partial charge in [0.05, 0.1) is 27.4 Å². The lowest BCUT2D eigenvalue weighted by Crippen LogP contribution is -2.49. The lowest BCUT2D eigenvalue weighted by atomic mass is 10.2. The van der Waals surface area contributed by atoms with Crippen LogP contribution in [0.5, 0.6) is 11.5 Å². The van der Waals surface area contributed by atoms with E-state index in [0.29, 0.717) is 26.3 Å². The smallest absolute Gasteiger partial charge is 0.321 e. The molecule has 0 atom stereocenters. The normalized spacial score (nSPS) is 13.9. The van der Waals surface area contributed by atoms with Crippen LogP contribution in [0, 0.1) is 0 Å². The highest BCUT2D eigenvalue weighted by Gasteiger charge is 2.21. The van der Waals surface area contributed by atoms with Crippen molar-refractivity contribution in [3.63, 3.8) is 0 Å². The first kappa shape index (κ1) is 24.6. The van der Waals surface area contributed by atoms with E-state index < -0.39 is 0 Å². The number of piperazine rings is 1. The van der Waals surface area contributed by atoms with Crippen LogP contribution in [-0.4, -0.2) is 56.2 Å². The SMILES string of the molecule is COc1ccc(COCc2cccc(NC(=O)N3CCN(Cc4ccc(OC)cc4)CC3)c2)cc1. The highest BCUT2D eigenvalue weighted by molar-refractivity contribution is 5.89. The number of nitrogens with one attached hydrogen (secondary N) is 1. The second-order valence-corrected chi connectivity index (χ2v) is 8.58. The van der Waals surface area contributed by atoms with Crippen molar-refractivity contribution in [2.24, 2.45) is 0 Å². The average Bonchev–Trinajstić information content (AvgIpc) is 2.90. The highest BCUT2D eigenvalue weighted by atomic mass is 16.5. The summed E-state index contributed by atoms with van der Waals surface area (Å²) < 4.78 is 16.3. The molecule has 1 aliphatic heterocycles. The molecule has 0 unspecified atom stereocenters. The summed E-state index contributed by atoms with van der Waals surface area (Å²) in [7, 11) is 3.33. The van der Waals surface area contributed by atoms with Gasteiger partial charge in [0.1, 0.15) is 11.5 Å². The molecule has 7 heteroatoms. The molecule has 0 saturated carbocycles. The Balaban J connectivity index is 1.21. The van der Waals surface area contributed by atoms with E-state index in [0.717, 1.165) is 47.9 Å². The van der Waals surface area contributed by atoms with Gasteiger partial charge in [-0.2, -0.15) is 0 Å². The third-order valence-electron chi connectivity index (χ3n) is 6.10. The molecular weight excluding hydrogens is 442 g/mol. The molecule has 184 valence electrons. The van der Waals surface area contributed by atoms with E-state index in [2.05, 4.69) is 22.3 Å². The third-order valence-corrected chi connectivity index (χ3v) is 6.10. The van der Waals surface area contributed by atoms with E-state index in [4.69, 9.17) is 14.2 Å². The Morgan fingerprint density at radius 3 is 2.00 bits per heavy atom. The van der Waals surface area contributed by atoms with Crippen molar-refractivity contribution in [2.75, 3.05) is 45.7 Å². The van der Waals surface area contributed by atoms with Crippen LogP contribution >= 0.6 is 0 Å². The number of hydrogen-bond donors (Lipinski definition) is 1. The molecule has 1 N–H and O–H groups in total. The minimum absolute atomic E-state index is 0.0644. The Kier molecular flexibility index (Phi) is 8.59. The third kappa shape index (κ3) is 7.21. The first-order valence-corrected chi connectivity index (χ1v) is 11.8. The number of anilines is 1. The Labute approximate surface area is 207 Å². The van der Waals surface area contributed by atoms with Crippen molar-refractivity contribution >= 4 is 11.7 Å². The van der Waals surface area contributed by atoms with Gasteiger partial charge in [0.2, 0.25) is 0 Å². The summed E-state index contributed by atoms with van der Waals surface area (Å²) in [6.07, 6.45) is 0. The molecule has 0 aromatic heterocycles. The minimum atomic E-state index is -0.0644. The van der Waals surface area contributed by atoms with Gasteiger partial charge in [-0.15, -0.1) is 0 Å². The summed E-state index contributed by atoms with van der Waals surface area (Å²) in [6.45, 7) is 4.95. The van der Waals surface area contributed by atoms with E-state index in [1.54, 1.807) is 14.2 Å². The van der Waals surface area contributed by atoms with E-state index in [-0.39, 0.29) is 6.03 Å². The van der Waals surface area contributed by atoms with Gasteiger partial charge >= 0.3 is 6.03 Å². The van der Waals surface area contributed by atoms with Crippen molar-refractivity contribution in [3.8, 4) is 11.5 Å². The number of urea groups is 1. The summed E-state index contributed by atoms with van der Waals surface area (Å²) in [5.41, 5.74) is 4.12. The lowest BCUT2D eigenvalue weighted by molar-refractivity contribution is 0.107. The van der Waals surface area contributed by atoms with E-state index >= 15 is 0 Å². The fraction of sp³-hybridized carbons (Fsp3) is 0.321. The summed E-state index contributed by atoms with van der Waals surface area (Å²) in [4.78, 5) is 17.0. The van der Waals surface area contributed by atoms with Crippen molar-refractivity contribution in [2.45, 2.75) is 19.8 Å². The van der Waals surface area contributed by atoms with E-state index in [1.807, 2.05) is 65.6 Å². The van der Waals surface area contributed by atoms with Crippen LogP contribution in [0.2, 0.25) is 0 Å². The number of amides is 2. The van der Waals surface area contributed by atoms with Gasteiger partial charge in [0, 0.05) is 38.4 Å². The molecule has 1 heterocycles. The summed E-state index contributed by atoms with van der Waals surface area (Å²) in [5.74, 6) is 1.69. The topological polar surface area (TPSA) is 63.3 Å². The predicted octanol–water partition coefficient (Wildman–Crippen LogP) is 4.77. The molecule has 7 nitrogen and oxygen atoms in total. The molecule has 4 rings (SSSR count). The number of carbonyl (C=O) groups excluding carboxylic acids is 1. The molecule has 35 heavy (non-hydrogen) atoms. The molecule has 1 aliphatic rings. The number of ether oxygens (including phenoxy) is 3. The molecule has 0 aliphatic carbocycles. The summed E-state index contributed by atoms with van der Waals surface area (Å²) in [5, 5.41) is 3.04. The van der Waals surface area contributed by atoms with E-state index in [1.165, 1.54) is 5.56 Å². The molecule has 0 spiro atoms. The fourth-order valence-electron chi connectivity index (χ4n) is 4.05. The van der Waals surface area contributed by atoms with Gasteiger partial charge in [0.15, 0.2) is 0 Å². The van der Waals surface area contributed by atoms with Crippen molar-refractivity contribution in [3.05, 3.63) is 89.5 Å². The van der Waals surface area contributed by atoms with Gasteiger partial charge < -0.3 is 24.4 Å². The Bertz CT molecular complexity index is 1080. The fourth-order valence-corrected chi connectivity index (χ4v) is 4.05. The largest absolute Gasteiger partial charge is 0.497 e. The highest BCUT2D eigenvalue weighted by Crippen LogP contribution is 2.17. The maximum atomic E-state index is 12.8. The summed E-state index contributed by atoms with van der Waals surface area (Å²) >= 11 is 0. The van der Waals surface area contributed by atoms with Crippen molar-refractivity contribution in [1.29, 1.82) is 0 Å². The number of carbonyl (C=O) groups is 1. The monoisotopic (exact) mass is 475 g/mol. The minimum Gasteiger partial charge on any atom is -0.497 e. The van der Waals surface area contributed by atoms with Crippen LogP contribution in [0.25, 0.3) is 0 Å². The maximum absolute atomic E-state index is 12.8. The van der Waals surface area contributed by atoms with Gasteiger partial charge in [0.25, 0.3) is 0 Å². The van der Waals surface area contributed by atoms with Crippen LogP contribution < -0.4 is 14.8 Å². The summed E-state index contributed by atoms with van der Waals surface area (Å²) in [6, 6.07) is 23.7. The predicted molar refractivity (Wildman–Crippen MR) is 137 cm³/mol. The Morgan fingerprint density at radius 1 is 0.771 bits per heavy atom. The molecule has 1 saturated heterocycles. The Hall–Kier alpha value is -3.55. The van der Waals surface area contributed by atoms with E-state index in [9.17, 15) is 4.79 Å². The number of methoxy groups -OCH3 is 2. The van der Waals surface area contributed by atoms with Crippen molar-refractivity contribution < 1.29 is 19.0 Å². The molecule has 3 aromatic carbocycles. The second kappa shape index (κ2) is 12.2. The van der Waals surface area contributed by atoms with Crippen LogP contribution in [-0.2, 0) is 24.5 Å². The molecule has 0 bridgehead atoms. The maximum Gasteiger partial charge on any atom is 0.321 e. The molecule has 2 amide bonds. The molecule has 0 radical (unpaired) electrons. The molecular formula is C28H33N3O4. The standard InChI is InChI=1S/C28H33N3O4/c1-33-26-10-6-22(7-11-26)19-30-14-16-31(17-15-30)28(32)29-25-5-3-4-24(18-25)21-35-20-23-8-12-27(34-2)13-9-23/h3-13,18H,14-17,19-21H2,1-2H3,(H,29,32).